The molecule has 1 amide bonds. The molecule has 1 fully saturated rings. The van der Waals surface area contributed by atoms with Crippen LogP contribution in [0.4, 0.5) is 13.2 Å². The number of rotatable bonds is 4. The zero-order valence-corrected chi connectivity index (χ0v) is 18.3. The minimum atomic E-state index is -4.49. The molecule has 0 aliphatic carbocycles. The molecule has 0 bridgehead atoms. The van der Waals surface area contributed by atoms with Gasteiger partial charge in [-0.1, -0.05) is 29.8 Å². The minimum Gasteiger partial charge on any atom is -0.340 e. The molecule has 10 heteroatoms. The van der Waals surface area contributed by atoms with Gasteiger partial charge in [-0.15, -0.1) is 0 Å². The fourth-order valence-corrected chi connectivity index (χ4v) is 4.39. The molecule has 1 atom stereocenters. The maximum atomic E-state index is 13.6. The van der Waals surface area contributed by atoms with Gasteiger partial charge in [-0.3, -0.25) is 4.79 Å². The van der Waals surface area contributed by atoms with Crippen LogP contribution in [0.3, 0.4) is 0 Å². The fraction of sp³-hybridized carbons (Fsp3) is 0.250. The summed E-state index contributed by atoms with van der Waals surface area (Å²) < 4.78 is 40.5. The molecule has 1 aliphatic rings. The monoisotopic (exact) mass is 466 g/mol. The second kappa shape index (κ2) is 8.44. The Morgan fingerprint density at radius 1 is 1.12 bits per heavy atom. The highest BCUT2D eigenvalue weighted by Crippen LogP contribution is 2.38. The average Bonchev–Trinajstić information content (AvgIpc) is 3.59. The van der Waals surface area contributed by atoms with E-state index in [0.717, 1.165) is 18.1 Å². The number of likely N-dealkylation sites (tertiary alicyclic amines) is 1. The van der Waals surface area contributed by atoms with E-state index in [4.69, 9.17) is 0 Å². The summed E-state index contributed by atoms with van der Waals surface area (Å²) in [6.07, 6.45) is 1.39. The van der Waals surface area contributed by atoms with Gasteiger partial charge in [0.05, 0.1) is 47.1 Å². The minimum absolute atomic E-state index is 0.0235. The first-order valence-corrected chi connectivity index (χ1v) is 10.8. The topological polar surface area (TPSA) is 79.7 Å². The molecule has 3 heterocycles. The number of benzene rings is 2. The van der Waals surface area contributed by atoms with Crippen LogP contribution in [0, 0.1) is 6.92 Å². The van der Waals surface area contributed by atoms with Gasteiger partial charge in [-0.25, -0.2) is 4.98 Å². The number of halogens is 3. The number of hydrogen-bond donors (Lipinski definition) is 1. The Bertz CT molecular complexity index is 1330. The quantitative estimate of drug-likeness (QED) is 0.461. The van der Waals surface area contributed by atoms with Crippen LogP contribution in [0.25, 0.3) is 16.9 Å². The lowest BCUT2D eigenvalue weighted by molar-refractivity contribution is -0.137. The molecule has 34 heavy (non-hydrogen) atoms. The van der Waals surface area contributed by atoms with E-state index >= 15 is 0 Å². The van der Waals surface area contributed by atoms with E-state index in [-0.39, 0.29) is 23.2 Å². The summed E-state index contributed by atoms with van der Waals surface area (Å²) in [5.74, 6) is 0.261. The largest absolute Gasteiger partial charge is 0.417 e. The first-order chi connectivity index (χ1) is 16.3. The van der Waals surface area contributed by atoms with Crippen molar-refractivity contribution in [2.24, 2.45) is 0 Å². The third-order valence-corrected chi connectivity index (χ3v) is 5.96. The number of carbonyl (C=O) groups excluding carboxylic acids is 1. The Hall–Kier alpha value is -3.95. The molecule has 2 aromatic carbocycles. The molecular formula is C24H21F3N6O. The van der Waals surface area contributed by atoms with Crippen molar-refractivity contribution in [3.8, 4) is 16.9 Å². The highest BCUT2D eigenvalue weighted by molar-refractivity contribution is 5.98. The number of hydrogen-bond acceptors (Lipinski definition) is 4. The molecule has 2 aromatic heterocycles. The van der Waals surface area contributed by atoms with E-state index < -0.39 is 11.7 Å². The summed E-state index contributed by atoms with van der Waals surface area (Å²) >= 11 is 0. The third-order valence-electron chi connectivity index (χ3n) is 5.96. The van der Waals surface area contributed by atoms with Crippen molar-refractivity contribution in [3.05, 3.63) is 83.6 Å². The lowest BCUT2D eigenvalue weighted by Crippen LogP contribution is -2.32. The molecule has 0 radical (unpaired) electrons. The Balaban J connectivity index is 1.48. The molecule has 0 spiro atoms. The van der Waals surface area contributed by atoms with Crippen molar-refractivity contribution in [1.82, 2.24) is 29.9 Å². The molecule has 4 aromatic rings. The molecule has 1 saturated heterocycles. The number of imidazole rings is 1. The number of amides is 1. The molecule has 0 unspecified atom stereocenters. The van der Waals surface area contributed by atoms with Gasteiger partial charge >= 0.3 is 6.18 Å². The summed E-state index contributed by atoms with van der Waals surface area (Å²) in [5.41, 5.74) is 1.48. The molecule has 1 N–H and O–H groups in total. The number of H-pyrrole nitrogens is 1. The van der Waals surface area contributed by atoms with E-state index in [1.165, 1.54) is 35.5 Å². The average molecular weight is 466 g/mol. The van der Waals surface area contributed by atoms with Gasteiger partial charge in [-0.2, -0.15) is 28.2 Å². The second-order valence-corrected chi connectivity index (χ2v) is 8.22. The lowest BCUT2D eigenvalue weighted by atomic mass is 10.0. The van der Waals surface area contributed by atoms with Gasteiger partial charge < -0.3 is 9.88 Å². The van der Waals surface area contributed by atoms with Crippen molar-refractivity contribution in [3.63, 3.8) is 0 Å². The highest BCUT2D eigenvalue weighted by Gasteiger charge is 2.36. The first kappa shape index (κ1) is 21.9. The summed E-state index contributed by atoms with van der Waals surface area (Å²) in [4.78, 5) is 24.1. The Kier molecular flexibility index (Phi) is 5.43. The number of nitrogens with one attached hydrogen (secondary N) is 1. The van der Waals surface area contributed by atoms with Crippen LogP contribution in [0.15, 0.2) is 61.1 Å². The van der Waals surface area contributed by atoms with E-state index in [0.29, 0.717) is 30.0 Å². The van der Waals surface area contributed by atoms with Gasteiger partial charge in [0.15, 0.2) is 0 Å². The SMILES string of the molecule is Cc1ccc(-n2nccn2)c(C(=O)N2CCC[C@H]2c2ncc(-c3ccccc3C(F)(F)F)[nH]2)c1. The molecule has 0 saturated carbocycles. The van der Waals surface area contributed by atoms with Gasteiger partial charge in [0.1, 0.15) is 5.82 Å². The zero-order chi connectivity index (χ0) is 23.9. The number of carbonyl (C=O) groups is 1. The maximum absolute atomic E-state index is 13.6. The van der Waals surface area contributed by atoms with Crippen LogP contribution in [0.1, 0.15) is 46.2 Å². The smallest absolute Gasteiger partial charge is 0.340 e. The summed E-state index contributed by atoms with van der Waals surface area (Å²) in [6, 6.07) is 10.5. The van der Waals surface area contributed by atoms with Crippen LogP contribution in [-0.2, 0) is 6.18 Å². The van der Waals surface area contributed by atoms with Gasteiger partial charge in [0.2, 0.25) is 0 Å². The van der Waals surface area contributed by atoms with Crippen molar-refractivity contribution in [2.75, 3.05) is 6.54 Å². The number of aromatic amines is 1. The van der Waals surface area contributed by atoms with E-state index in [2.05, 4.69) is 20.2 Å². The van der Waals surface area contributed by atoms with E-state index in [9.17, 15) is 18.0 Å². The standard InChI is InChI=1S/C24H21F3N6O/c1-15-8-9-20(33-29-10-11-30-33)17(13-15)23(34)32-12-4-7-21(32)22-28-14-19(31-22)16-5-2-3-6-18(16)24(25,26)27/h2-3,5-6,8-11,13-14,21H,4,7,12H2,1H3,(H,28,31)/t21-/m0/s1. The normalized spacial score (nSPS) is 16.2. The zero-order valence-electron chi connectivity index (χ0n) is 18.3. The predicted octanol–water partition coefficient (Wildman–Crippen LogP) is 4.96. The van der Waals surface area contributed by atoms with Crippen LogP contribution in [-0.4, -0.2) is 42.3 Å². The van der Waals surface area contributed by atoms with Crippen molar-refractivity contribution >= 4 is 5.91 Å². The first-order valence-electron chi connectivity index (χ1n) is 10.8. The van der Waals surface area contributed by atoms with Crippen LogP contribution in [0.2, 0.25) is 0 Å². The molecular weight excluding hydrogens is 445 g/mol. The molecule has 174 valence electrons. The molecule has 1 aliphatic heterocycles. The Morgan fingerprint density at radius 3 is 2.65 bits per heavy atom. The van der Waals surface area contributed by atoms with E-state index in [1.54, 1.807) is 23.1 Å². The maximum Gasteiger partial charge on any atom is 0.417 e. The fourth-order valence-electron chi connectivity index (χ4n) is 4.39. The number of nitrogens with zero attached hydrogens (tertiary/aromatic N) is 5. The van der Waals surface area contributed by atoms with Crippen molar-refractivity contribution < 1.29 is 18.0 Å². The van der Waals surface area contributed by atoms with Crippen molar-refractivity contribution in [1.29, 1.82) is 0 Å². The number of aryl methyl sites for hydroxylation is 1. The van der Waals surface area contributed by atoms with Gasteiger partial charge in [0, 0.05) is 12.1 Å². The van der Waals surface area contributed by atoms with Crippen molar-refractivity contribution in [2.45, 2.75) is 32.0 Å². The van der Waals surface area contributed by atoms with Gasteiger partial charge in [-0.05, 0) is 38.0 Å². The predicted molar refractivity (Wildman–Crippen MR) is 118 cm³/mol. The highest BCUT2D eigenvalue weighted by atomic mass is 19.4. The Morgan fingerprint density at radius 2 is 1.88 bits per heavy atom. The number of aromatic nitrogens is 5. The summed E-state index contributed by atoms with van der Waals surface area (Å²) in [6.45, 7) is 2.41. The third kappa shape index (κ3) is 3.95. The summed E-state index contributed by atoms with van der Waals surface area (Å²) in [7, 11) is 0. The van der Waals surface area contributed by atoms with E-state index in [1.807, 2.05) is 13.0 Å². The van der Waals surface area contributed by atoms with Crippen LogP contribution in [0.5, 0.6) is 0 Å². The van der Waals surface area contributed by atoms with Crippen LogP contribution >= 0.6 is 0 Å². The molecule has 7 nitrogen and oxygen atoms in total. The molecule has 5 rings (SSSR count). The van der Waals surface area contributed by atoms with Gasteiger partial charge in [0.25, 0.3) is 5.91 Å². The second-order valence-electron chi connectivity index (χ2n) is 8.22. The van der Waals surface area contributed by atoms with Crippen LogP contribution < -0.4 is 0 Å². The lowest BCUT2D eigenvalue weighted by Gasteiger charge is -2.24. The summed E-state index contributed by atoms with van der Waals surface area (Å²) in [5, 5.41) is 8.30. The Labute approximate surface area is 193 Å². The number of alkyl halides is 3.